The highest BCUT2D eigenvalue weighted by molar-refractivity contribution is 7.98. The van der Waals surface area contributed by atoms with E-state index in [1.807, 2.05) is 6.26 Å². The number of halogens is 1. The summed E-state index contributed by atoms with van der Waals surface area (Å²) in [7, 11) is 0. The largest absolute Gasteiger partial charge is 0.456 e. The third-order valence-corrected chi connectivity index (χ3v) is 6.14. The van der Waals surface area contributed by atoms with Crippen molar-refractivity contribution < 1.29 is 33.4 Å². The molecule has 10 heteroatoms. The number of amides is 2. The molecular weight excluding hydrogens is 463 g/mol. The smallest absolute Gasteiger partial charge is 0.329 e. The third-order valence-electron chi connectivity index (χ3n) is 5.35. The Bertz CT molecular complexity index is 1110. The number of aliphatic hydroxyl groups is 1. The van der Waals surface area contributed by atoms with Crippen LogP contribution in [0.1, 0.15) is 29.3 Å². The van der Waals surface area contributed by atoms with E-state index in [9.17, 15) is 28.7 Å². The number of ether oxygens (including phenoxy) is 1. The Morgan fingerprint density at radius 2 is 1.94 bits per heavy atom. The van der Waals surface area contributed by atoms with E-state index in [0.29, 0.717) is 5.69 Å². The Hall–Kier alpha value is -3.24. The van der Waals surface area contributed by atoms with Crippen molar-refractivity contribution >= 4 is 41.0 Å². The maximum atomic E-state index is 13.9. The number of esters is 1. The van der Waals surface area contributed by atoms with Gasteiger partial charge in [-0.25, -0.2) is 9.18 Å². The minimum absolute atomic E-state index is 0.0366. The quantitative estimate of drug-likeness (QED) is 0.333. The van der Waals surface area contributed by atoms with Crippen LogP contribution in [0.25, 0.3) is 0 Å². The van der Waals surface area contributed by atoms with Gasteiger partial charge in [-0.15, -0.1) is 11.8 Å². The number of thioether (sulfide) groups is 1. The molecule has 1 aliphatic rings. The van der Waals surface area contributed by atoms with Gasteiger partial charge in [-0.05, 0) is 30.0 Å². The van der Waals surface area contributed by atoms with Crippen LogP contribution < -0.4 is 5.32 Å². The van der Waals surface area contributed by atoms with Crippen molar-refractivity contribution in [2.75, 3.05) is 24.7 Å². The van der Waals surface area contributed by atoms with E-state index in [0.717, 1.165) is 9.80 Å². The second-order valence-corrected chi connectivity index (χ2v) is 8.69. The lowest BCUT2D eigenvalue weighted by Crippen LogP contribution is -2.42. The fourth-order valence-corrected chi connectivity index (χ4v) is 4.24. The number of ketones is 1. The van der Waals surface area contributed by atoms with E-state index in [1.165, 1.54) is 43.0 Å². The molecule has 8 nitrogen and oxygen atoms in total. The number of nitrogens with zero attached hydrogens (tertiary/aromatic N) is 1. The molecule has 1 aliphatic heterocycles. The second-order valence-electron chi connectivity index (χ2n) is 7.85. The summed E-state index contributed by atoms with van der Waals surface area (Å²) in [6, 6.07) is 9.51. The lowest BCUT2D eigenvalue weighted by molar-refractivity contribution is -0.152. The summed E-state index contributed by atoms with van der Waals surface area (Å²) in [6.45, 7) is 0.700. The first-order valence-electron chi connectivity index (χ1n) is 10.6. The zero-order chi connectivity index (χ0) is 24.8. The van der Waals surface area contributed by atoms with E-state index in [2.05, 4.69) is 5.32 Å². The first kappa shape index (κ1) is 25.4. The van der Waals surface area contributed by atoms with Crippen LogP contribution in [0, 0.1) is 5.82 Å². The van der Waals surface area contributed by atoms with Crippen LogP contribution in [0.5, 0.6) is 0 Å². The Labute approximate surface area is 200 Å². The van der Waals surface area contributed by atoms with Gasteiger partial charge < -0.3 is 20.1 Å². The number of β-amino-alcohol motifs (C(OH)–C–C–N with tert-alkyl or cyclic N) is 1. The van der Waals surface area contributed by atoms with Crippen LogP contribution in [0.2, 0.25) is 0 Å². The lowest BCUT2D eigenvalue weighted by atomic mass is 10.1. The molecule has 1 heterocycles. The minimum atomic E-state index is -1.07. The number of rotatable bonds is 8. The first-order chi connectivity index (χ1) is 16.2. The van der Waals surface area contributed by atoms with Crippen molar-refractivity contribution in [1.29, 1.82) is 0 Å². The number of carbonyl (C=O) groups is 4. The summed E-state index contributed by atoms with van der Waals surface area (Å²) in [4.78, 5) is 51.3. The number of nitrogens with one attached hydrogen (secondary N) is 1. The van der Waals surface area contributed by atoms with Gasteiger partial charge in [0.25, 0.3) is 0 Å². The molecule has 2 aromatic rings. The molecule has 0 spiro atoms. The molecule has 2 atom stereocenters. The molecule has 1 fully saturated rings. The summed E-state index contributed by atoms with van der Waals surface area (Å²) < 4.78 is 19.1. The van der Waals surface area contributed by atoms with E-state index in [-0.39, 0.29) is 36.4 Å². The zero-order valence-corrected chi connectivity index (χ0v) is 19.6. The van der Waals surface area contributed by atoms with Crippen LogP contribution >= 0.6 is 11.8 Å². The highest BCUT2D eigenvalue weighted by Gasteiger charge is 2.40. The van der Waals surface area contributed by atoms with Gasteiger partial charge in [0.05, 0.1) is 18.2 Å². The van der Waals surface area contributed by atoms with Gasteiger partial charge in [-0.1, -0.05) is 24.3 Å². The number of hydrogen-bond acceptors (Lipinski definition) is 7. The van der Waals surface area contributed by atoms with Crippen molar-refractivity contribution in [3.63, 3.8) is 0 Å². The van der Waals surface area contributed by atoms with Crippen molar-refractivity contribution in [1.82, 2.24) is 4.90 Å². The van der Waals surface area contributed by atoms with Gasteiger partial charge >= 0.3 is 5.97 Å². The summed E-state index contributed by atoms with van der Waals surface area (Å²) in [5.41, 5.74) is 0.897. The fraction of sp³-hybridized carbons (Fsp3) is 0.333. The van der Waals surface area contributed by atoms with Crippen LogP contribution in [0.15, 0.2) is 47.4 Å². The van der Waals surface area contributed by atoms with Crippen molar-refractivity contribution in [2.45, 2.75) is 36.8 Å². The van der Waals surface area contributed by atoms with Gasteiger partial charge in [-0.2, -0.15) is 0 Å². The molecule has 2 amide bonds. The zero-order valence-electron chi connectivity index (χ0n) is 18.7. The fourth-order valence-electron chi connectivity index (χ4n) is 3.70. The molecule has 0 aliphatic carbocycles. The monoisotopic (exact) mass is 488 g/mol. The van der Waals surface area contributed by atoms with Gasteiger partial charge in [0.15, 0.2) is 12.4 Å². The van der Waals surface area contributed by atoms with Gasteiger partial charge in [0.1, 0.15) is 11.9 Å². The molecule has 2 N–H and O–H groups in total. The van der Waals surface area contributed by atoms with Crippen molar-refractivity contribution in [3.8, 4) is 0 Å². The molecule has 0 aromatic heterocycles. The van der Waals surface area contributed by atoms with Crippen LogP contribution in [-0.4, -0.2) is 65.1 Å². The Balaban J connectivity index is 1.65. The maximum absolute atomic E-state index is 13.9. The predicted molar refractivity (Wildman–Crippen MR) is 124 cm³/mol. The number of aliphatic hydroxyl groups excluding tert-OH is 1. The Morgan fingerprint density at radius 1 is 1.21 bits per heavy atom. The maximum Gasteiger partial charge on any atom is 0.329 e. The second kappa shape index (κ2) is 11.3. The number of likely N-dealkylation sites (tertiary alicyclic amines) is 1. The molecule has 0 saturated carbocycles. The standard InChI is InChI=1S/C24H25FN2O6S/c1-14(28)26-19-9-16(7-8-22(19)34-2)21(30)13-33-24(32)20-11-17(29)12-27(20)23(31)10-15-5-3-4-6-18(15)25/h3-9,17,20,29H,10-13H2,1-2H3,(H,26,28). The average molecular weight is 489 g/mol. The van der Waals surface area contributed by atoms with Gasteiger partial charge in [-0.3, -0.25) is 14.4 Å². The van der Waals surface area contributed by atoms with Gasteiger partial charge in [0.2, 0.25) is 11.8 Å². The molecule has 0 radical (unpaired) electrons. The summed E-state index contributed by atoms with van der Waals surface area (Å²) >= 11 is 1.40. The molecular formula is C24H25FN2O6S. The van der Waals surface area contributed by atoms with E-state index in [4.69, 9.17) is 4.74 Å². The van der Waals surface area contributed by atoms with Crippen molar-refractivity contribution in [2.24, 2.45) is 0 Å². The molecule has 2 aromatic carbocycles. The lowest BCUT2D eigenvalue weighted by Gasteiger charge is -2.23. The third kappa shape index (κ3) is 6.21. The van der Waals surface area contributed by atoms with Crippen LogP contribution in [0.4, 0.5) is 10.1 Å². The predicted octanol–water partition coefficient (Wildman–Crippen LogP) is 2.44. The number of anilines is 1. The SMILES string of the molecule is CSc1ccc(C(=O)COC(=O)C2CC(O)CN2C(=O)Cc2ccccc2F)cc1NC(C)=O. The summed E-state index contributed by atoms with van der Waals surface area (Å²) in [6.07, 6.45) is 0.595. The highest BCUT2D eigenvalue weighted by atomic mass is 32.2. The highest BCUT2D eigenvalue weighted by Crippen LogP contribution is 2.27. The van der Waals surface area contributed by atoms with Gasteiger partial charge in [0, 0.05) is 30.3 Å². The van der Waals surface area contributed by atoms with Crippen LogP contribution in [0.3, 0.4) is 0 Å². The number of Topliss-reactive ketones (excluding diaryl/α,β-unsaturated/α-hetero) is 1. The molecule has 34 heavy (non-hydrogen) atoms. The number of hydrogen-bond donors (Lipinski definition) is 2. The Morgan fingerprint density at radius 3 is 2.62 bits per heavy atom. The normalized spacial score (nSPS) is 17.4. The van der Waals surface area contributed by atoms with Crippen molar-refractivity contribution in [3.05, 3.63) is 59.4 Å². The molecule has 0 bridgehead atoms. The van der Waals surface area contributed by atoms with E-state index < -0.39 is 42.2 Å². The Kier molecular flexibility index (Phi) is 8.41. The van der Waals surface area contributed by atoms with E-state index in [1.54, 1.807) is 18.2 Å². The summed E-state index contributed by atoms with van der Waals surface area (Å²) in [5, 5.41) is 12.7. The molecule has 180 valence electrons. The molecule has 1 saturated heterocycles. The molecule has 3 rings (SSSR count). The number of benzene rings is 2. The minimum Gasteiger partial charge on any atom is -0.456 e. The average Bonchev–Trinajstić information content (AvgIpc) is 3.20. The van der Waals surface area contributed by atoms with Crippen LogP contribution in [-0.2, 0) is 25.5 Å². The molecule has 2 unspecified atom stereocenters. The first-order valence-corrected chi connectivity index (χ1v) is 11.8. The summed E-state index contributed by atoms with van der Waals surface area (Å²) in [5.74, 6) is -2.66. The number of carbonyl (C=O) groups excluding carboxylic acids is 4. The topological polar surface area (TPSA) is 113 Å². The van der Waals surface area contributed by atoms with E-state index >= 15 is 0 Å².